The van der Waals surface area contributed by atoms with E-state index in [4.69, 9.17) is 11.6 Å². The molecule has 1 heterocycles. The monoisotopic (exact) mass is 283 g/mol. The van der Waals surface area contributed by atoms with Crippen molar-refractivity contribution in [3.63, 3.8) is 0 Å². The molecule has 1 saturated carbocycles. The van der Waals surface area contributed by atoms with E-state index in [1.165, 1.54) is 25.0 Å². The summed E-state index contributed by atoms with van der Waals surface area (Å²) in [5.74, 6) is 0. The van der Waals surface area contributed by atoms with Crippen molar-refractivity contribution < 1.29 is 0 Å². The topological polar surface area (TPSA) is 29.9 Å². The van der Waals surface area contributed by atoms with Crippen LogP contribution in [0.1, 0.15) is 51.4 Å². The van der Waals surface area contributed by atoms with Gasteiger partial charge in [0.15, 0.2) is 0 Å². The number of nitrogens with one attached hydrogen (secondary N) is 1. The van der Waals surface area contributed by atoms with Crippen LogP contribution in [0.25, 0.3) is 0 Å². The van der Waals surface area contributed by atoms with Crippen LogP contribution in [0.4, 0.5) is 0 Å². The van der Waals surface area contributed by atoms with Crippen molar-refractivity contribution in [3.8, 4) is 0 Å². The molecule has 0 aliphatic heterocycles. The molecule has 0 aromatic carbocycles. The van der Waals surface area contributed by atoms with Gasteiger partial charge in [0.2, 0.25) is 0 Å². The molecule has 0 atom stereocenters. The maximum absolute atomic E-state index is 6.39. The summed E-state index contributed by atoms with van der Waals surface area (Å²) in [6.07, 6.45) is 4.88. The molecule has 0 unspecified atom stereocenters. The van der Waals surface area contributed by atoms with Crippen LogP contribution in [0.2, 0.25) is 5.02 Å². The largest absolute Gasteiger partial charge is 0.314 e. The van der Waals surface area contributed by atoms with Gasteiger partial charge in [-0.15, -0.1) is 0 Å². The Morgan fingerprint density at radius 3 is 2.68 bits per heavy atom. The smallest absolute Gasteiger partial charge is 0.0847 e. The van der Waals surface area contributed by atoms with Crippen molar-refractivity contribution in [3.05, 3.63) is 16.4 Å². The molecule has 1 fully saturated rings. The SMILES string of the molecule is CCn1nc(C)c(Cl)c1CC(C)(C)CCNC1CC1. The summed E-state index contributed by atoms with van der Waals surface area (Å²) in [6, 6.07) is 0.794. The number of hydrogen-bond donors (Lipinski definition) is 1. The minimum atomic E-state index is 0.255. The molecule has 2 rings (SSSR count). The Morgan fingerprint density at radius 1 is 1.42 bits per heavy atom. The van der Waals surface area contributed by atoms with Crippen LogP contribution in [-0.4, -0.2) is 22.4 Å². The summed E-state index contributed by atoms with van der Waals surface area (Å²) < 4.78 is 2.05. The number of nitrogens with zero attached hydrogens (tertiary/aromatic N) is 2. The third kappa shape index (κ3) is 3.96. The summed E-state index contributed by atoms with van der Waals surface area (Å²) in [5, 5.41) is 8.94. The molecule has 19 heavy (non-hydrogen) atoms. The zero-order valence-corrected chi connectivity index (χ0v) is 13.3. The van der Waals surface area contributed by atoms with Gasteiger partial charge in [0, 0.05) is 12.6 Å². The predicted molar refractivity (Wildman–Crippen MR) is 80.8 cm³/mol. The molecule has 4 heteroatoms. The van der Waals surface area contributed by atoms with Gasteiger partial charge >= 0.3 is 0 Å². The van der Waals surface area contributed by atoms with E-state index in [-0.39, 0.29) is 5.41 Å². The van der Waals surface area contributed by atoms with Crippen LogP contribution >= 0.6 is 11.6 Å². The van der Waals surface area contributed by atoms with Crippen LogP contribution in [0.3, 0.4) is 0 Å². The van der Waals surface area contributed by atoms with Crippen molar-refractivity contribution in [2.75, 3.05) is 6.54 Å². The maximum Gasteiger partial charge on any atom is 0.0847 e. The van der Waals surface area contributed by atoms with Crippen molar-refractivity contribution in [2.45, 2.75) is 66.0 Å². The summed E-state index contributed by atoms with van der Waals surface area (Å²) in [7, 11) is 0. The number of halogens is 1. The molecule has 3 nitrogen and oxygen atoms in total. The average Bonchev–Trinajstić information content (AvgIpc) is 3.12. The van der Waals surface area contributed by atoms with Gasteiger partial charge in [-0.2, -0.15) is 5.10 Å². The minimum Gasteiger partial charge on any atom is -0.314 e. The Kier molecular flexibility index (Phi) is 4.57. The van der Waals surface area contributed by atoms with Gasteiger partial charge in [0.05, 0.1) is 16.4 Å². The summed E-state index contributed by atoms with van der Waals surface area (Å²) in [6.45, 7) is 10.7. The second kappa shape index (κ2) is 5.84. The first kappa shape index (κ1) is 14.9. The Bertz CT molecular complexity index is 433. The lowest BCUT2D eigenvalue weighted by atomic mass is 9.84. The van der Waals surface area contributed by atoms with E-state index in [1.807, 2.05) is 11.6 Å². The van der Waals surface area contributed by atoms with Gasteiger partial charge in [-0.05, 0) is 51.5 Å². The fraction of sp³-hybridized carbons (Fsp3) is 0.800. The molecule has 1 aromatic heterocycles. The summed E-state index contributed by atoms with van der Waals surface area (Å²) in [5.41, 5.74) is 2.40. The standard InChI is InChI=1S/C15H26ClN3/c1-5-19-13(14(16)11(2)18-19)10-15(3,4)8-9-17-12-6-7-12/h12,17H,5-10H2,1-4H3. The van der Waals surface area contributed by atoms with Gasteiger partial charge in [0.1, 0.15) is 0 Å². The van der Waals surface area contributed by atoms with Gasteiger partial charge in [-0.25, -0.2) is 0 Å². The molecule has 1 N–H and O–H groups in total. The lowest BCUT2D eigenvalue weighted by molar-refractivity contribution is 0.315. The van der Waals surface area contributed by atoms with Crippen LogP contribution in [0.5, 0.6) is 0 Å². The quantitative estimate of drug-likeness (QED) is 0.829. The number of aromatic nitrogens is 2. The highest BCUT2D eigenvalue weighted by Gasteiger charge is 2.25. The summed E-state index contributed by atoms with van der Waals surface area (Å²) in [4.78, 5) is 0. The van der Waals surface area contributed by atoms with Crippen LogP contribution in [0, 0.1) is 12.3 Å². The van der Waals surface area contributed by atoms with E-state index < -0.39 is 0 Å². The van der Waals surface area contributed by atoms with Crippen LogP contribution in [0.15, 0.2) is 0 Å². The number of rotatable bonds is 7. The Morgan fingerprint density at radius 2 is 2.11 bits per heavy atom. The second-order valence-corrected chi connectivity index (χ2v) is 6.86. The number of hydrogen-bond acceptors (Lipinski definition) is 2. The van der Waals surface area contributed by atoms with E-state index >= 15 is 0 Å². The van der Waals surface area contributed by atoms with Crippen molar-refractivity contribution >= 4 is 11.6 Å². The average molecular weight is 284 g/mol. The summed E-state index contributed by atoms with van der Waals surface area (Å²) >= 11 is 6.39. The Labute approximate surface area is 121 Å². The van der Waals surface area contributed by atoms with Crippen LogP contribution < -0.4 is 5.32 Å². The Balaban J connectivity index is 1.97. The molecule has 0 bridgehead atoms. The molecular weight excluding hydrogens is 258 g/mol. The first-order valence-electron chi connectivity index (χ1n) is 7.38. The zero-order chi connectivity index (χ0) is 14.0. The first-order valence-corrected chi connectivity index (χ1v) is 7.76. The van der Waals surface area contributed by atoms with E-state index in [0.29, 0.717) is 0 Å². The van der Waals surface area contributed by atoms with Crippen LogP contribution in [-0.2, 0) is 13.0 Å². The molecule has 0 radical (unpaired) electrons. The fourth-order valence-corrected chi connectivity index (χ4v) is 2.68. The van der Waals surface area contributed by atoms with Crippen molar-refractivity contribution in [2.24, 2.45) is 5.41 Å². The predicted octanol–water partition coefficient (Wildman–Crippen LogP) is 3.58. The highest BCUT2D eigenvalue weighted by molar-refractivity contribution is 6.31. The normalized spacial score (nSPS) is 16.1. The van der Waals surface area contributed by atoms with Gasteiger partial charge < -0.3 is 5.32 Å². The first-order chi connectivity index (χ1) is 8.93. The molecule has 0 amide bonds. The third-order valence-corrected chi connectivity index (χ3v) is 4.40. The lowest BCUT2D eigenvalue weighted by Gasteiger charge is -2.25. The van der Waals surface area contributed by atoms with Gasteiger partial charge in [0.25, 0.3) is 0 Å². The molecule has 1 aromatic rings. The molecule has 0 saturated heterocycles. The number of aryl methyl sites for hydroxylation is 2. The molecular formula is C15H26ClN3. The Hall–Kier alpha value is -0.540. The fourth-order valence-electron chi connectivity index (χ4n) is 2.48. The maximum atomic E-state index is 6.39. The highest BCUT2D eigenvalue weighted by atomic mass is 35.5. The molecule has 0 spiro atoms. The zero-order valence-electron chi connectivity index (χ0n) is 12.6. The lowest BCUT2D eigenvalue weighted by Crippen LogP contribution is -2.26. The van der Waals surface area contributed by atoms with E-state index in [1.54, 1.807) is 0 Å². The molecule has 1 aliphatic carbocycles. The van der Waals surface area contributed by atoms with E-state index in [2.05, 4.69) is 31.2 Å². The van der Waals surface area contributed by atoms with E-state index in [0.717, 1.165) is 36.3 Å². The second-order valence-electron chi connectivity index (χ2n) is 6.48. The molecule has 1 aliphatic rings. The van der Waals surface area contributed by atoms with E-state index in [9.17, 15) is 0 Å². The minimum absolute atomic E-state index is 0.255. The van der Waals surface area contributed by atoms with Crippen molar-refractivity contribution in [1.82, 2.24) is 15.1 Å². The van der Waals surface area contributed by atoms with Gasteiger partial charge in [-0.1, -0.05) is 25.4 Å². The molecule has 108 valence electrons. The third-order valence-electron chi connectivity index (χ3n) is 3.91. The highest BCUT2D eigenvalue weighted by Crippen LogP contribution is 2.31. The van der Waals surface area contributed by atoms with Crippen molar-refractivity contribution in [1.29, 1.82) is 0 Å². The van der Waals surface area contributed by atoms with Gasteiger partial charge in [-0.3, -0.25) is 4.68 Å².